The number of alkyl halides is 3. The van der Waals surface area contributed by atoms with Gasteiger partial charge in [0, 0.05) is 38.1 Å². The number of likely N-dealkylation sites (tertiary alicyclic amines) is 1. The minimum Gasteiger partial charge on any atom is -0.357 e. The van der Waals surface area contributed by atoms with Gasteiger partial charge in [0.05, 0.1) is 6.54 Å². The van der Waals surface area contributed by atoms with E-state index in [1.165, 1.54) is 15.4 Å². The zero-order valence-corrected chi connectivity index (χ0v) is 19.8. The first kappa shape index (κ1) is 25.4. The van der Waals surface area contributed by atoms with Gasteiger partial charge in [-0.25, -0.2) is 0 Å². The highest BCUT2D eigenvalue weighted by molar-refractivity contribution is 14.0. The summed E-state index contributed by atoms with van der Waals surface area (Å²) in [7, 11) is 1.98. The van der Waals surface area contributed by atoms with E-state index in [2.05, 4.69) is 45.7 Å². The van der Waals surface area contributed by atoms with Crippen molar-refractivity contribution in [1.29, 1.82) is 0 Å². The lowest BCUT2D eigenvalue weighted by molar-refractivity contribution is -0.143. The zero-order chi connectivity index (χ0) is 19.9. The quantitative estimate of drug-likeness (QED) is 0.247. The molecule has 1 unspecified atom stereocenters. The summed E-state index contributed by atoms with van der Waals surface area (Å²) in [5.74, 6) is 0.969. The lowest BCUT2D eigenvalue weighted by atomic mass is 10.1. The van der Waals surface area contributed by atoms with Crippen molar-refractivity contribution in [1.82, 2.24) is 15.1 Å². The second kappa shape index (κ2) is 12.1. The third-order valence-electron chi connectivity index (χ3n) is 4.55. The topological polar surface area (TPSA) is 30.9 Å². The first-order valence-corrected chi connectivity index (χ1v) is 10.4. The number of nitrogens with zero attached hydrogens (tertiary/aromatic N) is 3. The van der Waals surface area contributed by atoms with Gasteiger partial charge in [0.15, 0.2) is 5.96 Å². The number of nitrogens with one attached hydrogen (secondary N) is 1. The van der Waals surface area contributed by atoms with Crippen molar-refractivity contribution in [3.8, 4) is 0 Å². The first-order valence-electron chi connectivity index (χ1n) is 9.22. The van der Waals surface area contributed by atoms with Crippen LogP contribution in [0, 0.1) is 5.92 Å². The number of benzene rings is 1. The average Bonchev–Trinajstić information content (AvgIpc) is 3.04. The molecule has 1 aliphatic rings. The molecule has 0 bridgehead atoms. The molecule has 1 aromatic rings. The zero-order valence-electron chi connectivity index (χ0n) is 16.6. The summed E-state index contributed by atoms with van der Waals surface area (Å²) in [5, 5.41) is 3.28. The van der Waals surface area contributed by atoms with Gasteiger partial charge in [0.1, 0.15) is 0 Å². The molecule has 0 radical (unpaired) electrons. The molecule has 1 heterocycles. The lowest BCUT2D eigenvalue weighted by Crippen LogP contribution is -2.39. The van der Waals surface area contributed by atoms with Crippen LogP contribution in [-0.2, 0) is 6.54 Å². The van der Waals surface area contributed by atoms with Gasteiger partial charge in [0.2, 0.25) is 0 Å². The summed E-state index contributed by atoms with van der Waals surface area (Å²) in [5.41, 5.74) is 1.19. The Hall–Kier alpha value is -0.680. The van der Waals surface area contributed by atoms with Gasteiger partial charge in [-0.05, 0) is 49.8 Å². The normalized spacial score (nSPS) is 18.1. The number of guanidine groups is 1. The number of halogens is 4. The summed E-state index contributed by atoms with van der Waals surface area (Å²) in [6.45, 7) is 4.17. The van der Waals surface area contributed by atoms with E-state index < -0.39 is 12.7 Å². The van der Waals surface area contributed by atoms with Crippen molar-refractivity contribution in [2.45, 2.75) is 31.0 Å². The van der Waals surface area contributed by atoms with Crippen LogP contribution in [0.1, 0.15) is 18.9 Å². The predicted octanol–water partition coefficient (Wildman–Crippen LogP) is 4.31. The Labute approximate surface area is 187 Å². The van der Waals surface area contributed by atoms with Crippen molar-refractivity contribution >= 4 is 41.7 Å². The van der Waals surface area contributed by atoms with Crippen molar-refractivity contribution in [2.75, 3.05) is 46.0 Å². The predicted molar refractivity (Wildman–Crippen MR) is 122 cm³/mol. The Morgan fingerprint density at radius 2 is 2.00 bits per heavy atom. The highest BCUT2D eigenvalue weighted by atomic mass is 127. The maximum atomic E-state index is 12.5. The number of thioether (sulfide) groups is 1. The van der Waals surface area contributed by atoms with Crippen LogP contribution in [0.5, 0.6) is 0 Å². The van der Waals surface area contributed by atoms with Gasteiger partial charge in [-0.15, -0.1) is 35.7 Å². The molecular weight excluding hydrogens is 500 g/mol. The Morgan fingerprint density at radius 1 is 1.32 bits per heavy atom. The number of hydrogen-bond acceptors (Lipinski definition) is 3. The van der Waals surface area contributed by atoms with E-state index in [9.17, 15) is 13.2 Å². The van der Waals surface area contributed by atoms with E-state index >= 15 is 0 Å². The van der Waals surface area contributed by atoms with Gasteiger partial charge in [-0.2, -0.15) is 13.2 Å². The van der Waals surface area contributed by atoms with Crippen LogP contribution >= 0.6 is 35.7 Å². The first-order chi connectivity index (χ1) is 12.8. The molecule has 1 N–H and O–H groups in total. The highest BCUT2D eigenvalue weighted by Gasteiger charge is 2.34. The van der Waals surface area contributed by atoms with Crippen LogP contribution in [0.2, 0.25) is 0 Å². The summed E-state index contributed by atoms with van der Waals surface area (Å²) in [6, 6.07) is 8.42. The minimum atomic E-state index is -4.13. The van der Waals surface area contributed by atoms with Gasteiger partial charge in [0.25, 0.3) is 0 Å². The van der Waals surface area contributed by atoms with E-state index in [1.54, 1.807) is 11.8 Å². The SMILES string of the molecule is CCNC(=NCC1CCN(CC(F)(F)F)C1)N(C)Cc1ccc(SC)cc1.I. The molecule has 4 nitrogen and oxygen atoms in total. The molecule has 160 valence electrons. The summed E-state index contributed by atoms with van der Waals surface area (Å²) in [4.78, 5) is 9.44. The lowest BCUT2D eigenvalue weighted by Gasteiger charge is -2.23. The van der Waals surface area contributed by atoms with E-state index in [1.807, 2.05) is 14.0 Å². The van der Waals surface area contributed by atoms with E-state index in [4.69, 9.17) is 0 Å². The number of rotatable bonds is 7. The van der Waals surface area contributed by atoms with Crippen molar-refractivity contribution in [3.63, 3.8) is 0 Å². The maximum absolute atomic E-state index is 12.5. The standard InChI is InChI=1S/C19H29F3N4S.HI/c1-4-23-18(25(2)12-15-5-7-17(27-3)8-6-15)24-11-16-9-10-26(13-16)14-19(20,21)22;/h5-8,16H,4,9-14H2,1-3H3,(H,23,24);1H. The summed E-state index contributed by atoms with van der Waals surface area (Å²) < 4.78 is 37.6. The smallest absolute Gasteiger partial charge is 0.357 e. The van der Waals surface area contributed by atoms with Crippen molar-refractivity contribution in [3.05, 3.63) is 29.8 Å². The fourth-order valence-corrected chi connectivity index (χ4v) is 3.63. The molecule has 28 heavy (non-hydrogen) atoms. The highest BCUT2D eigenvalue weighted by Crippen LogP contribution is 2.23. The molecule has 0 spiro atoms. The average molecular weight is 530 g/mol. The second-order valence-corrected chi connectivity index (χ2v) is 7.78. The Bertz CT molecular complexity index is 610. The van der Waals surface area contributed by atoms with Crippen LogP contribution in [0.4, 0.5) is 13.2 Å². The molecule has 2 rings (SSSR count). The fraction of sp³-hybridized carbons (Fsp3) is 0.632. The van der Waals surface area contributed by atoms with Gasteiger partial charge < -0.3 is 10.2 Å². The number of hydrogen-bond donors (Lipinski definition) is 1. The minimum absolute atomic E-state index is 0. The van der Waals surface area contributed by atoms with Gasteiger partial charge in [-0.1, -0.05) is 12.1 Å². The van der Waals surface area contributed by atoms with Crippen molar-refractivity contribution < 1.29 is 13.2 Å². The molecule has 1 saturated heterocycles. The third kappa shape index (κ3) is 8.77. The molecule has 1 aromatic carbocycles. The maximum Gasteiger partial charge on any atom is 0.401 e. The van der Waals surface area contributed by atoms with Gasteiger partial charge in [-0.3, -0.25) is 9.89 Å². The molecule has 1 fully saturated rings. The fourth-order valence-electron chi connectivity index (χ4n) is 3.22. The molecular formula is C19H30F3IN4S. The van der Waals surface area contributed by atoms with Crippen LogP contribution in [0.3, 0.4) is 0 Å². The van der Waals surface area contributed by atoms with E-state index in [0.29, 0.717) is 19.6 Å². The molecule has 0 saturated carbocycles. The second-order valence-electron chi connectivity index (χ2n) is 6.90. The Morgan fingerprint density at radius 3 is 2.57 bits per heavy atom. The van der Waals surface area contributed by atoms with E-state index in [0.717, 1.165) is 25.5 Å². The number of aliphatic imine (C=N–C) groups is 1. The largest absolute Gasteiger partial charge is 0.401 e. The molecule has 0 aromatic heterocycles. The van der Waals surface area contributed by atoms with Gasteiger partial charge >= 0.3 is 6.18 Å². The molecule has 1 aliphatic heterocycles. The molecule has 1 atom stereocenters. The van der Waals surface area contributed by atoms with Crippen LogP contribution in [0.15, 0.2) is 34.2 Å². The van der Waals surface area contributed by atoms with Crippen LogP contribution in [-0.4, -0.2) is 68.0 Å². The van der Waals surface area contributed by atoms with E-state index in [-0.39, 0.29) is 29.9 Å². The monoisotopic (exact) mass is 530 g/mol. The molecule has 0 amide bonds. The molecule has 0 aliphatic carbocycles. The summed E-state index contributed by atoms with van der Waals surface area (Å²) in [6.07, 6.45) is -1.31. The third-order valence-corrected chi connectivity index (χ3v) is 5.29. The Kier molecular flexibility index (Phi) is 11.0. The molecule has 9 heteroatoms. The summed E-state index contributed by atoms with van der Waals surface area (Å²) >= 11 is 1.71. The van der Waals surface area contributed by atoms with Crippen LogP contribution in [0.25, 0.3) is 0 Å². The Balaban J connectivity index is 0.00000392. The van der Waals surface area contributed by atoms with Crippen molar-refractivity contribution in [2.24, 2.45) is 10.9 Å². The van der Waals surface area contributed by atoms with Crippen LogP contribution < -0.4 is 5.32 Å².